The van der Waals surface area contributed by atoms with Crippen molar-refractivity contribution in [3.8, 4) is 0 Å². The molecule has 2 saturated heterocycles. The smallest absolute Gasteiger partial charge is 0.271 e. The van der Waals surface area contributed by atoms with E-state index in [0.29, 0.717) is 19.4 Å². The molecule has 3 heterocycles. The topological polar surface area (TPSA) is 166 Å². The molecule has 3 atom stereocenters. The van der Waals surface area contributed by atoms with E-state index in [-0.39, 0.29) is 29.6 Å². The van der Waals surface area contributed by atoms with Crippen LogP contribution in [0.2, 0.25) is 0 Å². The Balaban J connectivity index is 1.53. The second-order valence-corrected chi connectivity index (χ2v) is 7.44. The van der Waals surface area contributed by atoms with Crippen LogP contribution in [-0.2, 0) is 16.0 Å². The van der Waals surface area contributed by atoms with Crippen molar-refractivity contribution in [2.24, 2.45) is 11.5 Å². The van der Waals surface area contributed by atoms with Crippen molar-refractivity contribution in [1.29, 1.82) is 0 Å². The normalized spacial score (nSPS) is 23.6. The Labute approximate surface area is 171 Å². The number of primary amides is 2. The lowest BCUT2D eigenvalue weighted by Crippen LogP contribution is -2.65. The van der Waals surface area contributed by atoms with E-state index in [1.807, 2.05) is 30.3 Å². The van der Waals surface area contributed by atoms with Crippen LogP contribution in [0.4, 0.5) is 0 Å². The largest absolute Gasteiger partial charge is 0.364 e. The van der Waals surface area contributed by atoms with Crippen molar-refractivity contribution in [2.75, 3.05) is 6.54 Å². The molecule has 2 aliphatic rings. The molecule has 0 unspecified atom stereocenters. The van der Waals surface area contributed by atoms with Crippen LogP contribution in [0.1, 0.15) is 45.4 Å². The number of piperidine rings is 1. The maximum atomic E-state index is 13.0. The van der Waals surface area contributed by atoms with Gasteiger partial charge in [0.05, 0.1) is 6.04 Å². The third-order valence-electron chi connectivity index (χ3n) is 5.56. The van der Waals surface area contributed by atoms with Crippen LogP contribution in [0.5, 0.6) is 0 Å². The van der Waals surface area contributed by atoms with Crippen molar-refractivity contribution in [1.82, 2.24) is 25.2 Å². The second kappa shape index (κ2) is 7.58. The van der Waals surface area contributed by atoms with E-state index in [4.69, 9.17) is 11.5 Å². The summed E-state index contributed by atoms with van der Waals surface area (Å²) < 4.78 is 1.24. The zero-order valence-corrected chi connectivity index (χ0v) is 16.0. The maximum absolute atomic E-state index is 13.0. The van der Waals surface area contributed by atoms with Gasteiger partial charge in [0.2, 0.25) is 11.8 Å². The monoisotopic (exact) mass is 411 g/mol. The van der Waals surface area contributed by atoms with E-state index in [1.165, 1.54) is 4.68 Å². The van der Waals surface area contributed by atoms with Crippen LogP contribution in [0.3, 0.4) is 0 Å². The van der Waals surface area contributed by atoms with E-state index >= 15 is 0 Å². The number of benzene rings is 1. The molecule has 0 radical (unpaired) electrons. The first-order chi connectivity index (χ1) is 14.4. The highest BCUT2D eigenvalue weighted by atomic mass is 16.2. The molecule has 4 amide bonds. The fourth-order valence-electron chi connectivity index (χ4n) is 4.14. The summed E-state index contributed by atoms with van der Waals surface area (Å²) in [6, 6.07) is 7.71. The number of carbonyl (C=O) groups excluding carboxylic acids is 4. The molecule has 0 spiro atoms. The predicted molar refractivity (Wildman–Crippen MR) is 103 cm³/mol. The first-order valence-corrected chi connectivity index (χ1v) is 9.56. The Morgan fingerprint density at radius 1 is 1.13 bits per heavy atom. The van der Waals surface area contributed by atoms with Gasteiger partial charge in [-0.2, -0.15) is 0 Å². The van der Waals surface area contributed by atoms with Gasteiger partial charge in [-0.05, 0) is 18.4 Å². The molecule has 1 aromatic heterocycles. The Bertz CT molecular complexity index is 1020. The van der Waals surface area contributed by atoms with E-state index in [9.17, 15) is 19.2 Å². The van der Waals surface area contributed by atoms with E-state index in [0.717, 1.165) is 5.56 Å². The minimum atomic E-state index is -0.915. The van der Waals surface area contributed by atoms with Gasteiger partial charge >= 0.3 is 0 Å². The lowest BCUT2D eigenvalue weighted by atomic mass is 9.91. The third-order valence-corrected chi connectivity index (χ3v) is 5.56. The molecule has 11 heteroatoms. The van der Waals surface area contributed by atoms with Gasteiger partial charge in [-0.1, -0.05) is 35.5 Å². The van der Waals surface area contributed by atoms with Crippen molar-refractivity contribution < 1.29 is 19.2 Å². The zero-order chi connectivity index (χ0) is 21.4. The van der Waals surface area contributed by atoms with Crippen molar-refractivity contribution in [3.63, 3.8) is 0 Å². The summed E-state index contributed by atoms with van der Waals surface area (Å²) >= 11 is 0. The van der Waals surface area contributed by atoms with Gasteiger partial charge in [-0.3, -0.25) is 19.2 Å². The number of nitrogens with two attached hydrogens (primary N) is 2. The lowest BCUT2D eigenvalue weighted by Gasteiger charge is -2.44. The highest BCUT2D eigenvalue weighted by molar-refractivity contribution is 6.03. The van der Waals surface area contributed by atoms with Crippen LogP contribution >= 0.6 is 0 Å². The average molecular weight is 411 g/mol. The molecule has 2 aromatic rings. The molecular formula is C19H21N7O4. The van der Waals surface area contributed by atoms with Gasteiger partial charge in [0, 0.05) is 13.0 Å². The molecule has 156 valence electrons. The van der Waals surface area contributed by atoms with E-state index in [1.54, 1.807) is 4.90 Å². The molecule has 2 fully saturated rings. The van der Waals surface area contributed by atoms with Gasteiger partial charge in [0.1, 0.15) is 12.1 Å². The summed E-state index contributed by atoms with van der Waals surface area (Å²) in [4.78, 5) is 50.6. The fourth-order valence-corrected chi connectivity index (χ4v) is 4.14. The molecule has 2 aliphatic heterocycles. The summed E-state index contributed by atoms with van der Waals surface area (Å²) in [5.74, 6) is -2.21. The van der Waals surface area contributed by atoms with Gasteiger partial charge in [0.25, 0.3) is 11.8 Å². The summed E-state index contributed by atoms with van der Waals surface area (Å²) in [7, 11) is 0. The van der Waals surface area contributed by atoms with Crippen LogP contribution in [-0.4, -0.2) is 62.2 Å². The van der Waals surface area contributed by atoms with E-state index < -0.39 is 29.9 Å². The molecule has 5 N–H and O–H groups in total. The Hall–Kier alpha value is -3.76. The summed E-state index contributed by atoms with van der Waals surface area (Å²) in [6.45, 7) is 0.302. The summed E-state index contributed by atoms with van der Waals surface area (Å²) in [5.41, 5.74) is 11.1. The minimum Gasteiger partial charge on any atom is -0.364 e. The fraction of sp³-hybridized carbons (Fsp3) is 0.368. The van der Waals surface area contributed by atoms with Gasteiger partial charge < -0.3 is 21.7 Å². The Kier molecular flexibility index (Phi) is 4.94. The molecule has 0 aliphatic carbocycles. The van der Waals surface area contributed by atoms with Crippen molar-refractivity contribution in [3.05, 3.63) is 47.3 Å². The first-order valence-electron chi connectivity index (χ1n) is 9.56. The summed E-state index contributed by atoms with van der Waals surface area (Å²) in [5, 5.41) is 10.3. The first kappa shape index (κ1) is 19.6. The molecular weight excluding hydrogens is 390 g/mol. The number of hydrogen-bond donors (Lipinski definition) is 3. The number of rotatable bonds is 5. The summed E-state index contributed by atoms with van der Waals surface area (Å²) in [6.07, 6.45) is 1.06. The van der Waals surface area contributed by atoms with Crippen LogP contribution in [0, 0.1) is 0 Å². The van der Waals surface area contributed by atoms with Crippen LogP contribution < -0.4 is 16.8 Å². The number of nitrogens with zero attached hydrogens (tertiary/aromatic N) is 4. The molecule has 0 bridgehead atoms. The quantitative estimate of drug-likeness (QED) is 0.556. The molecule has 30 heavy (non-hydrogen) atoms. The zero-order valence-electron chi connectivity index (χ0n) is 16.0. The SMILES string of the molecule is NC(=O)c1nnn([C@H]2CCN3C(=O)[C@@H](Cc4ccccc4)NC(=O)[C@@H]3C2)c1C(N)=O. The predicted octanol–water partition coefficient (Wildman–Crippen LogP) is -1.25. The highest BCUT2D eigenvalue weighted by Crippen LogP contribution is 2.31. The minimum absolute atomic E-state index is 0.145. The standard InChI is InChI=1S/C19H21N7O4/c20-16(27)14-15(17(21)28)26(24-23-14)11-6-7-25-13(9-11)18(29)22-12(19(25)30)8-10-4-2-1-3-5-10/h1-5,11-13H,6-9H2,(H2,20,27)(H2,21,28)(H,22,29)/t11-,12+,13-/m0/s1. The van der Waals surface area contributed by atoms with Gasteiger partial charge in [-0.15, -0.1) is 5.10 Å². The average Bonchev–Trinajstić information content (AvgIpc) is 3.18. The van der Waals surface area contributed by atoms with E-state index in [2.05, 4.69) is 15.6 Å². The van der Waals surface area contributed by atoms with Crippen molar-refractivity contribution in [2.45, 2.75) is 37.4 Å². The van der Waals surface area contributed by atoms with Gasteiger partial charge in [0.15, 0.2) is 11.4 Å². The molecule has 4 rings (SSSR count). The molecule has 11 nitrogen and oxygen atoms in total. The lowest BCUT2D eigenvalue weighted by molar-refractivity contribution is -0.152. The number of aromatic nitrogens is 3. The molecule has 1 aromatic carbocycles. The number of piperazine rings is 1. The Morgan fingerprint density at radius 3 is 2.53 bits per heavy atom. The number of nitrogens with one attached hydrogen (secondary N) is 1. The second-order valence-electron chi connectivity index (χ2n) is 7.44. The Morgan fingerprint density at radius 2 is 1.87 bits per heavy atom. The number of amides is 4. The van der Waals surface area contributed by atoms with Crippen LogP contribution in [0.25, 0.3) is 0 Å². The number of fused-ring (bicyclic) bond motifs is 1. The molecule has 0 saturated carbocycles. The highest BCUT2D eigenvalue weighted by Gasteiger charge is 2.45. The third kappa shape index (κ3) is 3.38. The number of carbonyl (C=O) groups is 4. The van der Waals surface area contributed by atoms with Gasteiger partial charge in [-0.25, -0.2) is 4.68 Å². The van der Waals surface area contributed by atoms with Crippen LogP contribution in [0.15, 0.2) is 30.3 Å². The van der Waals surface area contributed by atoms with Crippen molar-refractivity contribution >= 4 is 23.6 Å². The number of hydrogen-bond acceptors (Lipinski definition) is 6. The maximum Gasteiger partial charge on any atom is 0.271 e.